The number of thiophene rings is 1. The van der Waals surface area contributed by atoms with Crippen molar-refractivity contribution in [1.29, 1.82) is 0 Å². The molecule has 0 saturated carbocycles. The van der Waals surface area contributed by atoms with Crippen LogP contribution in [0.15, 0.2) is 38.5 Å². The van der Waals surface area contributed by atoms with Crippen LogP contribution in [0.4, 0.5) is 0 Å². The van der Waals surface area contributed by atoms with Gasteiger partial charge in [-0.2, -0.15) is 15.6 Å². The summed E-state index contributed by atoms with van der Waals surface area (Å²) in [5.74, 6) is -1.66. The fourth-order valence-electron chi connectivity index (χ4n) is 2.51. The zero-order valence-corrected chi connectivity index (χ0v) is 12.6. The van der Waals surface area contributed by atoms with Crippen molar-refractivity contribution in [2.45, 2.75) is 24.0 Å². The summed E-state index contributed by atoms with van der Waals surface area (Å²) in [6.07, 6.45) is 1.52. The Kier molecular flexibility index (Phi) is 3.60. The Hall–Kier alpha value is -1.64. The first kappa shape index (κ1) is 14.3. The van der Waals surface area contributed by atoms with Crippen LogP contribution in [-0.2, 0) is 10.0 Å². The van der Waals surface area contributed by atoms with Gasteiger partial charge in [-0.3, -0.25) is 0 Å². The zero-order chi connectivity index (χ0) is 15.0. The molecule has 21 heavy (non-hydrogen) atoms. The maximum absolute atomic E-state index is 12.6. The van der Waals surface area contributed by atoms with Crippen molar-refractivity contribution in [2.75, 3.05) is 6.54 Å². The highest BCUT2D eigenvalue weighted by atomic mass is 32.2. The van der Waals surface area contributed by atoms with E-state index in [-0.39, 0.29) is 16.9 Å². The summed E-state index contributed by atoms with van der Waals surface area (Å²) in [6.45, 7) is 0.409. The molecule has 3 heterocycles. The zero-order valence-electron chi connectivity index (χ0n) is 10.9. The average Bonchev–Trinajstić information content (AvgIpc) is 3.19. The molecular weight excluding hydrogens is 314 g/mol. The molecule has 6 nitrogen and oxygen atoms in total. The van der Waals surface area contributed by atoms with Crippen LogP contribution in [0, 0.1) is 0 Å². The smallest absolute Gasteiger partial charge is 0.371 e. The molecular formula is C13H13NO5S2. The number of aromatic carboxylic acids is 1. The van der Waals surface area contributed by atoms with E-state index >= 15 is 0 Å². The molecule has 0 spiro atoms. The second-order valence-corrected chi connectivity index (χ2v) is 7.36. The molecule has 1 saturated heterocycles. The molecule has 0 amide bonds. The van der Waals surface area contributed by atoms with Crippen LogP contribution >= 0.6 is 11.3 Å². The minimum absolute atomic E-state index is 0.209. The van der Waals surface area contributed by atoms with Crippen molar-refractivity contribution < 1.29 is 22.7 Å². The molecule has 1 N–H and O–H groups in total. The third kappa shape index (κ3) is 2.50. The predicted octanol–water partition coefficient (Wildman–Crippen LogP) is 2.57. The summed E-state index contributed by atoms with van der Waals surface area (Å²) in [7, 11) is -3.82. The third-order valence-corrected chi connectivity index (χ3v) is 5.97. The van der Waals surface area contributed by atoms with Gasteiger partial charge in [-0.25, -0.2) is 13.2 Å². The van der Waals surface area contributed by atoms with Crippen molar-refractivity contribution in [3.05, 3.63) is 40.3 Å². The number of hydrogen-bond acceptors (Lipinski definition) is 5. The Balaban J connectivity index is 1.95. The Labute approximate surface area is 125 Å². The van der Waals surface area contributed by atoms with Gasteiger partial charge in [0.1, 0.15) is 0 Å². The van der Waals surface area contributed by atoms with E-state index in [0.717, 1.165) is 24.5 Å². The first-order valence-electron chi connectivity index (χ1n) is 6.37. The third-order valence-electron chi connectivity index (χ3n) is 3.49. The first-order chi connectivity index (χ1) is 10.00. The monoisotopic (exact) mass is 327 g/mol. The van der Waals surface area contributed by atoms with Gasteiger partial charge >= 0.3 is 5.97 Å². The van der Waals surface area contributed by atoms with E-state index < -0.39 is 16.0 Å². The Morgan fingerprint density at radius 1 is 1.38 bits per heavy atom. The number of carbonyl (C=O) groups is 1. The Morgan fingerprint density at radius 3 is 2.81 bits per heavy atom. The molecule has 1 fully saturated rings. The van der Waals surface area contributed by atoms with E-state index in [1.807, 2.05) is 16.8 Å². The van der Waals surface area contributed by atoms with Crippen LogP contribution < -0.4 is 0 Å². The van der Waals surface area contributed by atoms with Gasteiger partial charge < -0.3 is 9.52 Å². The standard InChI is InChI=1S/C13H13NO5S2/c15-13(16)11-3-4-12(19-11)21(17,18)14-6-1-2-10(14)9-5-7-20-8-9/h3-5,7-8,10H,1-2,6H2,(H,15,16). The molecule has 3 rings (SSSR count). The molecule has 0 radical (unpaired) electrons. The summed E-state index contributed by atoms with van der Waals surface area (Å²) in [5, 5.41) is 12.4. The van der Waals surface area contributed by atoms with Crippen molar-refractivity contribution in [2.24, 2.45) is 0 Å². The maximum Gasteiger partial charge on any atom is 0.371 e. The van der Waals surface area contributed by atoms with Crippen LogP contribution in [0.3, 0.4) is 0 Å². The van der Waals surface area contributed by atoms with Gasteiger partial charge in [-0.15, -0.1) is 0 Å². The molecule has 2 aromatic heterocycles. The fourth-order valence-corrected chi connectivity index (χ4v) is 4.82. The van der Waals surface area contributed by atoms with E-state index in [1.54, 1.807) is 0 Å². The largest absolute Gasteiger partial charge is 0.475 e. The molecule has 2 aromatic rings. The Morgan fingerprint density at radius 2 is 2.19 bits per heavy atom. The van der Waals surface area contributed by atoms with Crippen molar-refractivity contribution in [3.8, 4) is 0 Å². The number of carboxylic acid groups (broad SMARTS) is 1. The topological polar surface area (TPSA) is 87.8 Å². The van der Waals surface area contributed by atoms with E-state index in [1.165, 1.54) is 21.7 Å². The number of sulfonamides is 1. The lowest BCUT2D eigenvalue weighted by Gasteiger charge is -2.22. The quantitative estimate of drug-likeness (QED) is 0.932. The van der Waals surface area contributed by atoms with Gasteiger partial charge in [0, 0.05) is 6.54 Å². The molecule has 1 unspecified atom stereocenters. The lowest BCUT2D eigenvalue weighted by atomic mass is 10.1. The van der Waals surface area contributed by atoms with Crippen molar-refractivity contribution >= 4 is 27.3 Å². The van der Waals surface area contributed by atoms with Crippen molar-refractivity contribution in [1.82, 2.24) is 4.31 Å². The minimum atomic E-state index is -3.82. The fraction of sp³-hybridized carbons (Fsp3) is 0.308. The number of hydrogen-bond donors (Lipinski definition) is 1. The molecule has 112 valence electrons. The first-order valence-corrected chi connectivity index (χ1v) is 8.75. The van der Waals surface area contributed by atoms with Crippen molar-refractivity contribution in [3.63, 3.8) is 0 Å². The summed E-state index contributed by atoms with van der Waals surface area (Å²) in [4.78, 5) is 10.8. The molecule has 8 heteroatoms. The SMILES string of the molecule is O=C(O)c1ccc(S(=O)(=O)N2CCCC2c2ccsc2)o1. The number of nitrogens with zero attached hydrogens (tertiary/aromatic N) is 1. The molecule has 0 aliphatic carbocycles. The highest BCUT2D eigenvalue weighted by Gasteiger charge is 2.38. The van der Waals surface area contributed by atoms with Gasteiger partial charge in [0.25, 0.3) is 10.0 Å². The highest BCUT2D eigenvalue weighted by molar-refractivity contribution is 7.89. The summed E-state index contributed by atoms with van der Waals surface area (Å²) in [6, 6.07) is 4.06. The van der Waals surface area contributed by atoms with Gasteiger partial charge in [0.2, 0.25) is 10.9 Å². The van der Waals surface area contributed by atoms with E-state index in [4.69, 9.17) is 9.52 Å². The van der Waals surface area contributed by atoms with E-state index in [9.17, 15) is 13.2 Å². The van der Waals surface area contributed by atoms with Crippen LogP contribution in [0.25, 0.3) is 0 Å². The second kappa shape index (κ2) is 5.28. The van der Waals surface area contributed by atoms with Crippen LogP contribution in [0.2, 0.25) is 0 Å². The molecule has 1 atom stereocenters. The number of rotatable bonds is 4. The predicted molar refractivity (Wildman–Crippen MR) is 75.9 cm³/mol. The molecule has 1 aliphatic heterocycles. The highest BCUT2D eigenvalue weighted by Crippen LogP contribution is 2.37. The van der Waals surface area contributed by atoms with Gasteiger partial charge in [-0.1, -0.05) is 0 Å². The summed E-state index contributed by atoms with van der Waals surface area (Å²) in [5.41, 5.74) is 0.964. The van der Waals surface area contributed by atoms with Crippen LogP contribution in [0.5, 0.6) is 0 Å². The molecule has 0 aromatic carbocycles. The lowest BCUT2D eigenvalue weighted by Crippen LogP contribution is -2.30. The van der Waals surface area contributed by atoms with E-state index in [2.05, 4.69) is 0 Å². The molecule has 0 bridgehead atoms. The maximum atomic E-state index is 12.6. The Bertz CT molecular complexity index is 747. The summed E-state index contributed by atoms with van der Waals surface area (Å²) < 4.78 is 31.6. The average molecular weight is 327 g/mol. The minimum Gasteiger partial charge on any atom is -0.475 e. The van der Waals surface area contributed by atoms with Gasteiger partial charge in [-0.05, 0) is 47.4 Å². The second-order valence-electron chi connectivity index (χ2n) is 4.75. The van der Waals surface area contributed by atoms with Gasteiger partial charge in [0.15, 0.2) is 0 Å². The number of furan rings is 1. The number of carboxylic acids is 1. The van der Waals surface area contributed by atoms with Crippen LogP contribution in [-0.4, -0.2) is 30.3 Å². The normalized spacial score (nSPS) is 19.9. The van der Waals surface area contributed by atoms with E-state index in [0.29, 0.717) is 6.54 Å². The summed E-state index contributed by atoms with van der Waals surface area (Å²) >= 11 is 1.52. The van der Waals surface area contributed by atoms with Crippen LogP contribution in [0.1, 0.15) is 35.0 Å². The van der Waals surface area contributed by atoms with Gasteiger partial charge in [0.05, 0.1) is 6.04 Å². The molecule has 1 aliphatic rings. The lowest BCUT2D eigenvalue weighted by molar-refractivity contribution is 0.0656.